The van der Waals surface area contributed by atoms with Crippen molar-refractivity contribution in [1.29, 1.82) is 0 Å². The van der Waals surface area contributed by atoms with Gasteiger partial charge in [0.15, 0.2) is 0 Å². The number of amides is 2. The molecule has 3 atom stereocenters. The fraction of sp³-hybridized carbons (Fsp3) is 0.867. The molecular formula is C15H28N2O3. The molecule has 0 aliphatic heterocycles. The fourth-order valence-electron chi connectivity index (χ4n) is 1.96. The largest absolute Gasteiger partial charge is 0.444 e. The van der Waals surface area contributed by atoms with Gasteiger partial charge in [-0.2, -0.15) is 0 Å². The Kier molecular flexibility index (Phi) is 5.42. The van der Waals surface area contributed by atoms with Crippen LogP contribution in [0.25, 0.3) is 0 Å². The molecule has 20 heavy (non-hydrogen) atoms. The zero-order chi connectivity index (χ0) is 15.5. The second kappa shape index (κ2) is 6.46. The molecule has 1 rings (SSSR count). The minimum Gasteiger partial charge on any atom is -0.444 e. The summed E-state index contributed by atoms with van der Waals surface area (Å²) in [5.41, 5.74) is -0.562. The molecule has 0 heterocycles. The molecule has 1 fully saturated rings. The van der Waals surface area contributed by atoms with Crippen LogP contribution in [0.4, 0.5) is 4.79 Å². The minimum absolute atomic E-state index is 0.112. The first-order valence-electron chi connectivity index (χ1n) is 7.38. The molecule has 5 heteroatoms. The number of hydrogen-bond acceptors (Lipinski definition) is 3. The molecule has 0 spiro atoms. The van der Waals surface area contributed by atoms with Crippen LogP contribution in [-0.2, 0) is 9.53 Å². The summed E-state index contributed by atoms with van der Waals surface area (Å²) in [5.74, 6) is 0.747. The zero-order valence-electron chi connectivity index (χ0n) is 13.4. The minimum atomic E-state index is -0.562. The summed E-state index contributed by atoms with van der Waals surface area (Å²) < 4.78 is 5.21. The number of carbonyl (C=O) groups excluding carboxylic acids is 2. The van der Waals surface area contributed by atoms with Gasteiger partial charge in [-0.3, -0.25) is 4.79 Å². The third kappa shape index (κ3) is 6.26. The second-order valence-electron chi connectivity index (χ2n) is 7.16. The van der Waals surface area contributed by atoms with Gasteiger partial charge in [-0.25, -0.2) is 4.79 Å². The van der Waals surface area contributed by atoms with Gasteiger partial charge < -0.3 is 15.4 Å². The van der Waals surface area contributed by atoms with Gasteiger partial charge in [-0.1, -0.05) is 20.8 Å². The van der Waals surface area contributed by atoms with E-state index in [1.165, 1.54) is 0 Å². The van der Waals surface area contributed by atoms with E-state index in [9.17, 15) is 9.59 Å². The van der Waals surface area contributed by atoms with Crippen molar-refractivity contribution in [2.24, 2.45) is 11.8 Å². The SMILES string of the molecule is CC(C)CC(NC(=O)OC(C)(C)C)C(=O)NC1CC1C. The number of ether oxygens (including phenoxy) is 1. The van der Waals surface area contributed by atoms with E-state index in [0.29, 0.717) is 18.3 Å². The van der Waals surface area contributed by atoms with Crippen LogP contribution in [0.3, 0.4) is 0 Å². The second-order valence-corrected chi connectivity index (χ2v) is 7.16. The fourth-order valence-corrected chi connectivity index (χ4v) is 1.96. The molecule has 1 aliphatic carbocycles. The van der Waals surface area contributed by atoms with Crippen molar-refractivity contribution in [2.75, 3.05) is 0 Å². The van der Waals surface area contributed by atoms with E-state index in [2.05, 4.69) is 17.6 Å². The van der Waals surface area contributed by atoms with Gasteiger partial charge in [0.05, 0.1) is 0 Å². The van der Waals surface area contributed by atoms with E-state index in [0.717, 1.165) is 6.42 Å². The highest BCUT2D eigenvalue weighted by Gasteiger charge is 2.36. The molecule has 0 saturated heterocycles. The Morgan fingerprint density at radius 3 is 2.25 bits per heavy atom. The van der Waals surface area contributed by atoms with Gasteiger partial charge >= 0.3 is 6.09 Å². The Bertz CT molecular complexity index is 361. The van der Waals surface area contributed by atoms with Crippen LogP contribution in [0.2, 0.25) is 0 Å². The Morgan fingerprint density at radius 2 is 1.85 bits per heavy atom. The molecular weight excluding hydrogens is 256 g/mol. The van der Waals surface area contributed by atoms with E-state index < -0.39 is 17.7 Å². The Hall–Kier alpha value is -1.26. The van der Waals surface area contributed by atoms with E-state index in [1.807, 2.05) is 13.8 Å². The van der Waals surface area contributed by atoms with Crippen molar-refractivity contribution >= 4 is 12.0 Å². The number of hydrogen-bond donors (Lipinski definition) is 2. The summed E-state index contributed by atoms with van der Waals surface area (Å²) in [6.07, 6.45) is 1.08. The van der Waals surface area contributed by atoms with Crippen molar-refractivity contribution in [3.63, 3.8) is 0 Å². The molecule has 1 saturated carbocycles. The maximum Gasteiger partial charge on any atom is 0.408 e. The molecule has 0 aromatic carbocycles. The highest BCUT2D eigenvalue weighted by atomic mass is 16.6. The number of alkyl carbamates (subject to hydrolysis) is 1. The van der Waals surface area contributed by atoms with Gasteiger partial charge in [-0.05, 0) is 45.4 Å². The summed E-state index contributed by atoms with van der Waals surface area (Å²) in [5, 5.41) is 5.65. The third-order valence-corrected chi connectivity index (χ3v) is 3.15. The molecule has 116 valence electrons. The maximum atomic E-state index is 12.2. The lowest BCUT2D eigenvalue weighted by Crippen LogP contribution is -2.49. The summed E-state index contributed by atoms with van der Waals surface area (Å²) in [6.45, 7) is 11.6. The summed E-state index contributed by atoms with van der Waals surface area (Å²) in [7, 11) is 0. The highest BCUT2D eigenvalue weighted by molar-refractivity contribution is 5.86. The molecule has 0 radical (unpaired) electrons. The first-order valence-corrected chi connectivity index (χ1v) is 7.38. The van der Waals surface area contributed by atoms with Gasteiger partial charge in [0.25, 0.3) is 0 Å². The van der Waals surface area contributed by atoms with Crippen LogP contribution < -0.4 is 10.6 Å². The predicted molar refractivity (Wildman–Crippen MR) is 78.3 cm³/mol. The molecule has 5 nitrogen and oxygen atoms in total. The lowest BCUT2D eigenvalue weighted by Gasteiger charge is -2.24. The quantitative estimate of drug-likeness (QED) is 0.815. The van der Waals surface area contributed by atoms with Crippen LogP contribution >= 0.6 is 0 Å². The van der Waals surface area contributed by atoms with Crippen LogP contribution in [0.1, 0.15) is 54.4 Å². The Morgan fingerprint density at radius 1 is 1.30 bits per heavy atom. The molecule has 2 amide bonds. The van der Waals surface area contributed by atoms with Crippen molar-refractivity contribution in [1.82, 2.24) is 10.6 Å². The van der Waals surface area contributed by atoms with Crippen LogP contribution in [0, 0.1) is 11.8 Å². The number of nitrogens with one attached hydrogen (secondary N) is 2. The van der Waals surface area contributed by atoms with Gasteiger partial charge in [0, 0.05) is 6.04 Å². The molecule has 3 unspecified atom stereocenters. The monoisotopic (exact) mass is 284 g/mol. The predicted octanol–water partition coefficient (Wildman–Crippen LogP) is 2.45. The standard InChI is InChI=1S/C15H28N2O3/c1-9(2)7-12(13(18)16-11-8-10(11)3)17-14(19)20-15(4,5)6/h9-12H,7-8H2,1-6H3,(H,16,18)(H,17,19). The average Bonchev–Trinajstić information content (AvgIpc) is 2.89. The summed E-state index contributed by atoms with van der Waals surface area (Å²) >= 11 is 0. The first kappa shape index (κ1) is 16.8. The molecule has 0 aromatic heterocycles. The van der Waals surface area contributed by atoms with E-state index in [1.54, 1.807) is 20.8 Å². The lowest BCUT2D eigenvalue weighted by molar-refractivity contribution is -0.123. The smallest absolute Gasteiger partial charge is 0.408 e. The summed E-state index contributed by atoms with van der Waals surface area (Å²) in [4.78, 5) is 24.0. The molecule has 2 N–H and O–H groups in total. The molecule has 0 aromatic rings. The zero-order valence-corrected chi connectivity index (χ0v) is 13.4. The van der Waals surface area contributed by atoms with Crippen LogP contribution in [-0.4, -0.2) is 29.7 Å². The van der Waals surface area contributed by atoms with Gasteiger partial charge in [-0.15, -0.1) is 0 Å². The van der Waals surface area contributed by atoms with E-state index in [-0.39, 0.29) is 11.9 Å². The number of rotatable bonds is 5. The van der Waals surface area contributed by atoms with E-state index >= 15 is 0 Å². The Labute approximate surface area is 121 Å². The third-order valence-electron chi connectivity index (χ3n) is 3.15. The van der Waals surface area contributed by atoms with Gasteiger partial charge in [0.1, 0.15) is 11.6 Å². The van der Waals surface area contributed by atoms with E-state index in [4.69, 9.17) is 4.74 Å². The van der Waals surface area contributed by atoms with Crippen molar-refractivity contribution in [2.45, 2.75) is 72.1 Å². The topological polar surface area (TPSA) is 67.4 Å². The van der Waals surface area contributed by atoms with Crippen molar-refractivity contribution < 1.29 is 14.3 Å². The molecule has 1 aliphatic rings. The lowest BCUT2D eigenvalue weighted by atomic mass is 10.0. The molecule has 0 bridgehead atoms. The van der Waals surface area contributed by atoms with Crippen molar-refractivity contribution in [3.8, 4) is 0 Å². The average molecular weight is 284 g/mol. The van der Waals surface area contributed by atoms with Crippen LogP contribution in [0.15, 0.2) is 0 Å². The number of carbonyl (C=O) groups is 2. The van der Waals surface area contributed by atoms with Gasteiger partial charge in [0.2, 0.25) is 5.91 Å². The first-order chi connectivity index (χ1) is 9.08. The highest BCUT2D eigenvalue weighted by Crippen LogP contribution is 2.29. The summed E-state index contributed by atoms with van der Waals surface area (Å²) in [6, 6.07) is -0.268. The maximum absolute atomic E-state index is 12.2. The Balaban J connectivity index is 2.54. The normalized spacial score (nSPS) is 23.1. The van der Waals surface area contributed by atoms with Crippen LogP contribution in [0.5, 0.6) is 0 Å². The van der Waals surface area contributed by atoms with Crippen molar-refractivity contribution in [3.05, 3.63) is 0 Å².